The Labute approximate surface area is 266 Å². The Bertz CT molecular complexity index is 1450. The molecule has 0 radical (unpaired) electrons. The Balaban J connectivity index is 0.00000353. The summed E-state index contributed by atoms with van der Waals surface area (Å²) in [4.78, 5) is 44.7. The molecule has 0 saturated carbocycles. The Morgan fingerprint density at radius 2 is 2.13 bits per heavy atom. The molecule has 12 nitrogen and oxygen atoms in total. The van der Waals surface area contributed by atoms with E-state index in [1.807, 2.05) is 0 Å². The number of nitrogens with zero attached hydrogens (tertiary/aromatic N) is 6. The van der Waals surface area contributed by atoms with E-state index in [-0.39, 0.29) is 41.0 Å². The van der Waals surface area contributed by atoms with Crippen molar-refractivity contribution in [2.45, 2.75) is 26.7 Å². The maximum atomic E-state index is 13.4. The van der Waals surface area contributed by atoms with E-state index in [4.69, 9.17) is 17.3 Å². The first-order chi connectivity index (χ1) is 18.2. The van der Waals surface area contributed by atoms with Crippen LogP contribution in [0.3, 0.4) is 0 Å². The number of carbonyl (C=O) groups excluding carboxylic acids is 3. The van der Waals surface area contributed by atoms with E-state index in [0.717, 1.165) is 0 Å². The molecule has 2 aliphatic heterocycles. The number of nitrogens with one attached hydrogen (secondary N) is 1. The third-order valence-corrected chi connectivity index (χ3v) is 10.5. The van der Waals surface area contributed by atoms with Crippen molar-refractivity contribution < 1.29 is 49.0 Å². The Kier molecular flexibility index (Phi) is 9.91. The standard InChI is InChI=1S/C21H19ClN8O4S4.Na/c1-29-21(26-27-28-29)37-7-9-6-35-18-13(17(32)30(18)14(9)19(33)34)25-16(31)15(11-8-36-20(23)24-11)38-12-5-3-2-4-10(12)22;/h2-5,8,13,15,18H,6-7H2,1H3,(H2,23,24)(H,25,31)(H,33,34);/q;+1/p-1/t13?,15?,18-;/m0./s1. The molecule has 1 saturated heterocycles. The van der Waals surface area contributed by atoms with Gasteiger partial charge >= 0.3 is 29.6 Å². The van der Waals surface area contributed by atoms with Crippen LogP contribution in [0.25, 0.3) is 0 Å². The Morgan fingerprint density at radius 3 is 2.77 bits per heavy atom. The quantitative estimate of drug-likeness (QED) is 0.150. The van der Waals surface area contributed by atoms with Gasteiger partial charge < -0.3 is 21.0 Å². The number of β-lactam (4-membered cyclic amide) rings is 1. The number of anilines is 1. The zero-order chi connectivity index (χ0) is 27.0. The second-order valence-corrected chi connectivity index (χ2v) is 12.5. The predicted octanol–water partition coefficient (Wildman–Crippen LogP) is -2.06. The number of tetrazole rings is 1. The average Bonchev–Trinajstić information content (AvgIpc) is 3.51. The number of thioether (sulfide) groups is 3. The summed E-state index contributed by atoms with van der Waals surface area (Å²) >= 11 is 11.3. The van der Waals surface area contributed by atoms with E-state index in [0.29, 0.717) is 37.2 Å². The second kappa shape index (κ2) is 12.8. The molecule has 1 fully saturated rings. The van der Waals surface area contributed by atoms with Gasteiger partial charge in [0, 0.05) is 28.8 Å². The van der Waals surface area contributed by atoms with Gasteiger partial charge in [0.1, 0.15) is 16.7 Å². The molecule has 2 unspecified atom stereocenters. The first kappa shape index (κ1) is 30.2. The van der Waals surface area contributed by atoms with Crippen molar-refractivity contribution >= 4 is 81.1 Å². The molecule has 3 N–H and O–H groups in total. The van der Waals surface area contributed by atoms with Gasteiger partial charge in [-0.05, 0) is 28.1 Å². The summed E-state index contributed by atoms with van der Waals surface area (Å²) in [6.07, 6.45) is 0. The topological polar surface area (TPSA) is 172 Å². The van der Waals surface area contributed by atoms with Crippen molar-refractivity contribution in [3.63, 3.8) is 0 Å². The van der Waals surface area contributed by atoms with Crippen LogP contribution in [-0.4, -0.2) is 70.8 Å². The van der Waals surface area contributed by atoms with Crippen LogP contribution in [-0.2, 0) is 21.4 Å². The molecule has 18 heteroatoms. The van der Waals surface area contributed by atoms with Gasteiger partial charge in [-0.2, -0.15) is 0 Å². The number of nitrogen functional groups attached to an aromatic ring is 1. The van der Waals surface area contributed by atoms with E-state index in [1.165, 1.54) is 56.2 Å². The smallest absolute Gasteiger partial charge is 0.543 e. The minimum absolute atomic E-state index is 0. The van der Waals surface area contributed by atoms with Gasteiger partial charge in [0.25, 0.3) is 5.91 Å². The zero-order valence-electron chi connectivity index (χ0n) is 20.4. The van der Waals surface area contributed by atoms with E-state index in [9.17, 15) is 19.5 Å². The molecule has 0 spiro atoms. The van der Waals surface area contributed by atoms with Crippen LogP contribution in [0.4, 0.5) is 5.13 Å². The normalized spacial score (nSPS) is 19.1. The van der Waals surface area contributed by atoms with E-state index in [2.05, 4.69) is 25.8 Å². The minimum atomic E-state index is -1.45. The van der Waals surface area contributed by atoms with Gasteiger partial charge in [0.05, 0.1) is 22.4 Å². The van der Waals surface area contributed by atoms with Gasteiger partial charge in [0.15, 0.2) is 5.13 Å². The fourth-order valence-corrected chi connectivity index (χ4v) is 8.13. The number of halogens is 1. The molecule has 4 heterocycles. The van der Waals surface area contributed by atoms with Crippen molar-refractivity contribution in [3.8, 4) is 0 Å². The van der Waals surface area contributed by atoms with Crippen LogP contribution >= 0.6 is 58.2 Å². The Morgan fingerprint density at radius 1 is 1.36 bits per heavy atom. The van der Waals surface area contributed by atoms with Crippen LogP contribution in [0.2, 0.25) is 5.02 Å². The first-order valence-corrected chi connectivity index (χ1v) is 15.1. The first-order valence-electron chi connectivity index (χ1n) is 10.9. The number of carboxylic acids is 1. The molecule has 2 amide bonds. The number of thiazole rings is 1. The third kappa shape index (κ3) is 6.27. The molecule has 0 bridgehead atoms. The van der Waals surface area contributed by atoms with Crippen LogP contribution in [0, 0.1) is 0 Å². The largest absolute Gasteiger partial charge is 1.00 e. The molecular formula is C21H18ClN8NaO4S4. The number of nitrogens with two attached hydrogens (primary N) is 1. The number of benzene rings is 1. The maximum absolute atomic E-state index is 13.4. The molecule has 39 heavy (non-hydrogen) atoms. The summed E-state index contributed by atoms with van der Waals surface area (Å²) in [7, 11) is 1.67. The number of carbonyl (C=O) groups is 3. The van der Waals surface area contributed by atoms with Gasteiger partial charge in [-0.3, -0.25) is 14.5 Å². The average molecular weight is 633 g/mol. The molecule has 198 valence electrons. The van der Waals surface area contributed by atoms with Gasteiger partial charge in [0.2, 0.25) is 11.1 Å². The number of rotatable bonds is 9. The molecule has 0 aliphatic carbocycles. The van der Waals surface area contributed by atoms with Crippen molar-refractivity contribution in [1.29, 1.82) is 0 Å². The molecule has 2 aliphatic rings. The minimum Gasteiger partial charge on any atom is -0.543 e. The molecular weight excluding hydrogens is 615 g/mol. The summed E-state index contributed by atoms with van der Waals surface area (Å²) in [5, 5.41) is 27.6. The summed E-state index contributed by atoms with van der Waals surface area (Å²) in [5.74, 6) is -1.85. The molecule has 5 rings (SSSR count). The van der Waals surface area contributed by atoms with E-state index >= 15 is 0 Å². The van der Waals surface area contributed by atoms with Gasteiger partial charge in [-0.1, -0.05) is 35.5 Å². The summed E-state index contributed by atoms with van der Waals surface area (Å²) in [6.45, 7) is 0. The summed E-state index contributed by atoms with van der Waals surface area (Å²) in [5.41, 5.74) is 6.57. The van der Waals surface area contributed by atoms with E-state index in [1.54, 1.807) is 36.7 Å². The van der Waals surface area contributed by atoms with Gasteiger partial charge in [-0.25, -0.2) is 9.67 Å². The number of aromatic nitrogens is 5. The number of carboxylic acid groups (broad SMARTS) is 1. The predicted molar refractivity (Wildman–Crippen MR) is 143 cm³/mol. The number of amides is 2. The van der Waals surface area contributed by atoms with Crippen LogP contribution < -0.4 is 45.7 Å². The fraction of sp³-hybridized carbons (Fsp3) is 0.286. The van der Waals surface area contributed by atoms with Crippen LogP contribution in [0.15, 0.2) is 51.0 Å². The summed E-state index contributed by atoms with van der Waals surface area (Å²) < 4.78 is 1.47. The number of hydrogen-bond donors (Lipinski definition) is 2. The van der Waals surface area contributed by atoms with Crippen LogP contribution in [0.5, 0.6) is 0 Å². The maximum Gasteiger partial charge on any atom is 1.00 e. The molecule has 3 atom stereocenters. The summed E-state index contributed by atoms with van der Waals surface area (Å²) in [6, 6.07) is 6.16. The molecule has 3 aromatic rings. The Hall–Kier alpha value is -1.79. The SMILES string of the molecule is Cn1nnnc1SCC1=C(C(=O)[O-])N2C(=O)C(NC(=O)C(Sc3ccccc3Cl)c3csc(N)n3)[C@@H]2SC1.[Na+]. The number of fused-ring (bicyclic) bond motifs is 1. The monoisotopic (exact) mass is 632 g/mol. The van der Waals surface area contributed by atoms with E-state index < -0.39 is 34.4 Å². The van der Waals surface area contributed by atoms with Gasteiger partial charge in [-0.15, -0.1) is 40.0 Å². The van der Waals surface area contributed by atoms with Crippen LogP contribution in [0.1, 0.15) is 10.9 Å². The van der Waals surface area contributed by atoms with Crippen molar-refractivity contribution in [3.05, 3.63) is 51.6 Å². The van der Waals surface area contributed by atoms with Crippen molar-refractivity contribution in [2.24, 2.45) is 7.05 Å². The third-order valence-electron chi connectivity index (χ3n) is 5.62. The zero-order valence-corrected chi connectivity index (χ0v) is 26.5. The molecule has 1 aromatic carbocycles. The fourth-order valence-electron chi connectivity index (χ4n) is 3.84. The number of hydrogen-bond acceptors (Lipinski definition) is 13. The number of aryl methyl sites for hydroxylation is 1. The van der Waals surface area contributed by atoms with Crippen molar-refractivity contribution in [1.82, 2.24) is 35.4 Å². The second-order valence-electron chi connectivity index (χ2n) is 8.05. The molecule has 2 aromatic heterocycles. The number of aliphatic carboxylic acids is 1. The van der Waals surface area contributed by atoms with Crippen molar-refractivity contribution in [2.75, 3.05) is 17.2 Å².